The second kappa shape index (κ2) is 4.73. The lowest BCUT2D eigenvalue weighted by molar-refractivity contribution is -0.141. The minimum atomic E-state index is -4.92. The van der Waals surface area contributed by atoms with Crippen molar-refractivity contribution in [1.29, 1.82) is 0 Å². The molecule has 1 heterocycles. The highest BCUT2D eigenvalue weighted by atomic mass is 35.7. The number of ether oxygens (including phenoxy) is 1. The predicted molar refractivity (Wildman–Crippen MR) is 53.6 cm³/mol. The first-order valence-electron chi connectivity index (χ1n) is 4.18. The van der Waals surface area contributed by atoms with Crippen LogP contribution in [-0.2, 0) is 20.0 Å². The first kappa shape index (κ1) is 14.7. The summed E-state index contributed by atoms with van der Waals surface area (Å²) in [5.74, 6) is -1.13. The number of alkyl halides is 3. The number of carbonyl (C=O) groups is 1. The molecule has 0 N–H and O–H groups in total. The summed E-state index contributed by atoms with van der Waals surface area (Å²) in [6, 6.07) is 0.973. The van der Waals surface area contributed by atoms with Gasteiger partial charge in [0.1, 0.15) is 5.69 Å². The van der Waals surface area contributed by atoms with Gasteiger partial charge in [0, 0.05) is 10.7 Å². The fraction of sp³-hybridized carbons (Fsp3) is 0.250. The summed E-state index contributed by atoms with van der Waals surface area (Å²) in [5, 5.41) is -1.07. The number of methoxy groups -OCH3 is 1. The number of rotatable bonds is 2. The zero-order chi connectivity index (χ0) is 14.1. The zero-order valence-corrected chi connectivity index (χ0v) is 10.2. The van der Waals surface area contributed by atoms with Gasteiger partial charge in [-0.25, -0.2) is 18.2 Å². The molecule has 0 radical (unpaired) electrons. The summed E-state index contributed by atoms with van der Waals surface area (Å²) in [7, 11) is 1.33. The largest absolute Gasteiger partial charge is 0.465 e. The monoisotopic (exact) mass is 303 g/mol. The molecule has 1 aromatic heterocycles. The molecule has 0 aliphatic carbocycles. The van der Waals surface area contributed by atoms with Gasteiger partial charge in [0.2, 0.25) is 0 Å². The normalized spacial score (nSPS) is 12.3. The molecule has 0 atom stereocenters. The number of esters is 1. The molecule has 0 spiro atoms. The third kappa shape index (κ3) is 3.33. The van der Waals surface area contributed by atoms with E-state index in [0.717, 1.165) is 7.11 Å². The third-order valence-corrected chi connectivity index (χ3v) is 2.95. The highest BCUT2D eigenvalue weighted by Crippen LogP contribution is 2.30. The van der Waals surface area contributed by atoms with E-state index in [2.05, 4.69) is 9.72 Å². The molecule has 0 unspecified atom stereocenters. The Hall–Kier alpha value is -1.35. The Bertz CT molecular complexity index is 584. The van der Waals surface area contributed by atoms with E-state index in [9.17, 15) is 26.4 Å². The summed E-state index contributed by atoms with van der Waals surface area (Å²) in [6.45, 7) is 0. The standard InChI is InChI=1S/C8H5ClF3NO4S/c1-17-7(14)4-2-5(8(10,11)12)13-6(3-4)18(9,15)16/h2-3H,1H3. The molecule has 0 aromatic carbocycles. The summed E-state index contributed by atoms with van der Waals surface area (Å²) in [6.07, 6.45) is -4.92. The van der Waals surface area contributed by atoms with Crippen molar-refractivity contribution in [2.24, 2.45) is 0 Å². The van der Waals surface area contributed by atoms with Crippen LogP contribution in [0.1, 0.15) is 16.1 Å². The Kier molecular flexibility index (Phi) is 3.86. The Balaban J connectivity index is 3.54. The zero-order valence-electron chi connectivity index (χ0n) is 8.66. The quantitative estimate of drug-likeness (QED) is 0.615. The topological polar surface area (TPSA) is 73.3 Å². The molecule has 1 aromatic rings. The third-order valence-electron chi connectivity index (χ3n) is 1.76. The molecule has 5 nitrogen and oxygen atoms in total. The lowest BCUT2D eigenvalue weighted by Gasteiger charge is -2.08. The number of nitrogens with zero attached hydrogens (tertiary/aromatic N) is 1. The van der Waals surface area contributed by atoms with Gasteiger partial charge in [-0.2, -0.15) is 13.2 Å². The van der Waals surface area contributed by atoms with Crippen LogP contribution in [0.4, 0.5) is 13.2 Å². The minimum absolute atomic E-state index is 0.372. The maximum Gasteiger partial charge on any atom is 0.433 e. The molecular weight excluding hydrogens is 299 g/mol. The van der Waals surface area contributed by atoms with Crippen molar-refractivity contribution < 1.29 is 31.1 Å². The van der Waals surface area contributed by atoms with Crippen LogP contribution in [0.2, 0.25) is 0 Å². The van der Waals surface area contributed by atoms with Crippen LogP contribution in [0, 0.1) is 0 Å². The highest BCUT2D eigenvalue weighted by Gasteiger charge is 2.35. The van der Waals surface area contributed by atoms with Crippen molar-refractivity contribution in [3.05, 3.63) is 23.4 Å². The predicted octanol–water partition coefficient (Wildman–Crippen LogP) is 1.81. The van der Waals surface area contributed by atoms with E-state index in [1.807, 2.05) is 0 Å². The van der Waals surface area contributed by atoms with Gasteiger partial charge in [-0.3, -0.25) is 0 Å². The van der Waals surface area contributed by atoms with Gasteiger partial charge in [-0.1, -0.05) is 0 Å². The van der Waals surface area contributed by atoms with Crippen molar-refractivity contribution in [2.75, 3.05) is 7.11 Å². The van der Waals surface area contributed by atoms with E-state index in [-0.39, 0.29) is 0 Å². The first-order valence-corrected chi connectivity index (χ1v) is 6.49. The van der Waals surface area contributed by atoms with Crippen molar-refractivity contribution in [3.8, 4) is 0 Å². The second-order valence-electron chi connectivity index (χ2n) is 3.01. The smallest absolute Gasteiger partial charge is 0.433 e. The van der Waals surface area contributed by atoms with Crippen LogP contribution in [0.5, 0.6) is 0 Å². The van der Waals surface area contributed by atoms with Crippen molar-refractivity contribution in [1.82, 2.24) is 4.98 Å². The molecule has 0 bridgehead atoms. The van der Waals surface area contributed by atoms with Crippen molar-refractivity contribution in [3.63, 3.8) is 0 Å². The average Bonchev–Trinajstić information content (AvgIpc) is 2.25. The molecule has 18 heavy (non-hydrogen) atoms. The van der Waals surface area contributed by atoms with Crippen LogP contribution in [0.15, 0.2) is 17.2 Å². The van der Waals surface area contributed by atoms with E-state index in [1.165, 1.54) is 0 Å². The number of hydrogen-bond acceptors (Lipinski definition) is 5. The summed E-state index contributed by atoms with van der Waals surface area (Å²) in [5.41, 5.74) is -2.16. The Morgan fingerprint density at radius 3 is 2.33 bits per heavy atom. The summed E-state index contributed by atoms with van der Waals surface area (Å²) >= 11 is 0. The van der Waals surface area contributed by atoms with Crippen LogP contribution >= 0.6 is 10.7 Å². The summed E-state index contributed by atoms with van der Waals surface area (Å²) < 4.78 is 63.5. The molecule has 0 amide bonds. The molecule has 0 saturated heterocycles. The van der Waals surface area contributed by atoms with Crippen LogP contribution < -0.4 is 0 Å². The first-order chi connectivity index (χ1) is 8.05. The molecule has 1 rings (SSSR count). The molecule has 0 aliphatic heterocycles. The van der Waals surface area contributed by atoms with Crippen molar-refractivity contribution >= 4 is 25.7 Å². The fourth-order valence-corrected chi connectivity index (χ4v) is 1.72. The highest BCUT2D eigenvalue weighted by molar-refractivity contribution is 8.13. The molecule has 10 heteroatoms. The van der Waals surface area contributed by atoms with E-state index in [4.69, 9.17) is 10.7 Å². The van der Waals surface area contributed by atoms with E-state index in [1.54, 1.807) is 0 Å². The maximum atomic E-state index is 12.5. The second-order valence-corrected chi connectivity index (χ2v) is 5.52. The van der Waals surface area contributed by atoms with Gasteiger partial charge in [0.05, 0.1) is 12.7 Å². The lowest BCUT2D eigenvalue weighted by Crippen LogP contribution is -2.13. The molecule has 0 saturated carbocycles. The number of pyridine rings is 1. The Morgan fingerprint density at radius 1 is 1.39 bits per heavy atom. The molecular formula is C8H5ClF3NO4S. The van der Waals surface area contributed by atoms with Gasteiger partial charge in [0.15, 0.2) is 5.03 Å². The van der Waals surface area contributed by atoms with E-state index < -0.39 is 37.5 Å². The Labute approximate surface area is 104 Å². The van der Waals surface area contributed by atoms with Gasteiger partial charge < -0.3 is 4.74 Å². The number of halogens is 4. The minimum Gasteiger partial charge on any atom is -0.465 e. The van der Waals surface area contributed by atoms with Gasteiger partial charge in [-0.15, -0.1) is 0 Å². The van der Waals surface area contributed by atoms with Crippen LogP contribution in [0.25, 0.3) is 0 Å². The SMILES string of the molecule is COC(=O)c1cc(C(F)(F)F)nc(S(=O)(=O)Cl)c1. The number of carbonyl (C=O) groups excluding carboxylic acids is 1. The van der Waals surface area contributed by atoms with Gasteiger partial charge in [0.25, 0.3) is 9.05 Å². The van der Waals surface area contributed by atoms with E-state index in [0.29, 0.717) is 12.1 Å². The fourth-order valence-electron chi connectivity index (χ4n) is 1.01. The average molecular weight is 304 g/mol. The van der Waals surface area contributed by atoms with E-state index >= 15 is 0 Å². The van der Waals surface area contributed by atoms with Gasteiger partial charge >= 0.3 is 12.1 Å². The number of hydrogen-bond donors (Lipinski definition) is 0. The maximum absolute atomic E-state index is 12.5. The Morgan fingerprint density at radius 2 is 1.94 bits per heavy atom. The molecule has 0 fully saturated rings. The lowest BCUT2D eigenvalue weighted by atomic mass is 10.2. The van der Waals surface area contributed by atoms with Crippen LogP contribution in [-0.4, -0.2) is 26.5 Å². The van der Waals surface area contributed by atoms with Gasteiger partial charge in [-0.05, 0) is 12.1 Å². The van der Waals surface area contributed by atoms with Crippen LogP contribution in [0.3, 0.4) is 0 Å². The number of aromatic nitrogens is 1. The molecule has 100 valence electrons. The molecule has 0 aliphatic rings. The summed E-state index contributed by atoms with van der Waals surface area (Å²) in [4.78, 5) is 14.0. The van der Waals surface area contributed by atoms with Crippen molar-refractivity contribution in [2.45, 2.75) is 11.2 Å².